The number of rotatable bonds is 8. The summed E-state index contributed by atoms with van der Waals surface area (Å²) in [6, 6.07) is 17.4. The Morgan fingerprint density at radius 2 is 1.85 bits per heavy atom. The Labute approximate surface area is 194 Å². The number of carbonyl (C=O) groups excluding carboxylic acids is 2. The van der Waals surface area contributed by atoms with Crippen molar-refractivity contribution in [1.29, 1.82) is 0 Å². The molecule has 174 valence electrons. The molecule has 4 rings (SSSR count). The van der Waals surface area contributed by atoms with Gasteiger partial charge in [0.15, 0.2) is 6.10 Å². The second kappa shape index (κ2) is 11.0. The molecule has 1 saturated heterocycles. The number of ether oxygens (including phenoxy) is 2. The van der Waals surface area contributed by atoms with Crippen LogP contribution >= 0.6 is 0 Å². The maximum atomic E-state index is 12.3. The molecule has 0 radical (unpaired) electrons. The van der Waals surface area contributed by atoms with E-state index >= 15 is 0 Å². The molecule has 4 atom stereocenters. The third-order valence-electron chi connectivity index (χ3n) is 6.31. The van der Waals surface area contributed by atoms with Gasteiger partial charge in [0.2, 0.25) is 5.91 Å². The molecule has 7 heteroatoms. The molecule has 0 bridgehead atoms. The van der Waals surface area contributed by atoms with E-state index in [4.69, 9.17) is 9.47 Å². The lowest BCUT2D eigenvalue weighted by molar-refractivity contribution is -0.128. The van der Waals surface area contributed by atoms with Gasteiger partial charge in [-0.1, -0.05) is 43.2 Å². The highest BCUT2D eigenvalue weighted by molar-refractivity contribution is 5.94. The Morgan fingerprint density at radius 3 is 2.64 bits per heavy atom. The highest BCUT2D eigenvalue weighted by Crippen LogP contribution is 2.32. The number of hydrogen-bond donors (Lipinski definition) is 2. The van der Waals surface area contributed by atoms with E-state index in [0.717, 1.165) is 30.6 Å². The number of nitrogens with one attached hydrogen (secondary N) is 2. The first-order valence-corrected chi connectivity index (χ1v) is 11.7. The fourth-order valence-corrected chi connectivity index (χ4v) is 4.43. The molecular weight excluding hydrogens is 418 g/mol. The molecule has 2 N–H and O–H groups in total. The Bertz CT molecular complexity index is 961. The largest absolute Gasteiger partial charge is 0.489 e. The van der Waals surface area contributed by atoms with Crippen LogP contribution in [0.15, 0.2) is 59.7 Å². The lowest BCUT2D eigenvalue weighted by Gasteiger charge is -2.38. The Kier molecular flexibility index (Phi) is 7.60. The van der Waals surface area contributed by atoms with E-state index in [-0.39, 0.29) is 17.7 Å². The van der Waals surface area contributed by atoms with Gasteiger partial charge >= 0.3 is 0 Å². The van der Waals surface area contributed by atoms with Gasteiger partial charge in [-0.15, -0.1) is 0 Å². The van der Waals surface area contributed by atoms with Crippen molar-refractivity contribution >= 4 is 18.0 Å². The van der Waals surface area contributed by atoms with Gasteiger partial charge in [-0.05, 0) is 61.9 Å². The third kappa shape index (κ3) is 6.34. The second-order valence-electron chi connectivity index (χ2n) is 8.76. The summed E-state index contributed by atoms with van der Waals surface area (Å²) in [6.07, 6.45) is 6.20. The standard InChI is InChI=1S/C26H31N3O4/c1-18(33-23-13-11-22(12-14-23)32-17-19-7-3-2-4-8-19)25(30)29-27-16-21-15-20-9-5-6-10-24(20)28-26(21)31/h2-4,7-8,11-14,16,18,20-21,24H,5-6,9-10,15,17H2,1H3,(H,28,31)(H,29,30)/b27-16+. The number of hydrogen-bond acceptors (Lipinski definition) is 5. The molecule has 2 amide bonds. The average molecular weight is 450 g/mol. The van der Waals surface area contributed by atoms with Gasteiger partial charge < -0.3 is 14.8 Å². The van der Waals surface area contributed by atoms with Crippen molar-refractivity contribution < 1.29 is 19.1 Å². The number of amides is 2. The fourth-order valence-electron chi connectivity index (χ4n) is 4.43. The lowest BCUT2D eigenvalue weighted by atomic mass is 9.76. The molecule has 1 saturated carbocycles. The van der Waals surface area contributed by atoms with E-state index in [1.54, 1.807) is 37.4 Å². The third-order valence-corrected chi connectivity index (χ3v) is 6.31. The number of nitrogens with zero attached hydrogens (tertiary/aromatic N) is 1. The minimum atomic E-state index is -0.735. The maximum absolute atomic E-state index is 12.3. The first-order chi connectivity index (χ1) is 16.1. The monoisotopic (exact) mass is 449 g/mol. The molecule has 1 heterocycles. The van der Waals surface area contributed by atoms with Crippen LogP contribution in [0.5, 0.6) is 11.5 Å². The average Bonchev–Trinajstić information content (AvgIpc) is 2.84. The molecule has 2 aliphatic rings. The van der Waals surface area contributed by atoms with Crippen LogP contribution in [0.3, 0.4) is 0 Å². The molecule has 2 aromatic rings. The molecular formula is C26H31N3O4. The zero-order chi connectivity index (χ0) is 23.0. The molecule has 1 aliphatic heterocycles. The number of piperidine rings is 1. The van der Waals surface area contributed by atoms with Gasteiger partial charge in [0, 0.05) is 12.3 Å². The second-order valence-corrected chi connectivity index (χ2v) is 8.76. The van der Waals surface area contributed by atoms with Crippen molar-refractivity contribution in [2.24, 2.45) is 16.9 Å². The normalized spacial score (nSPS) is 23.3. The first kappa shape index (κ1) is 22.8. The molecule has 1 aliphatic carbocycles. The van der Waals surface area contributed by atoms with Crippen LogP contribution in [0.25, 0.3) is 0 Å². The SMILES string of the molecule is CC(Oc1ccc(OCc2ccccc2)cc1)C(=O)N/N=C/C1CC2CCCCC2NC1=O. The maximum Gasteiger partial charge on any atom is 0.280 e. The van der Waals surface area contributed by atoms with E-state index in [9.17, 15) is 9.59 Å². The lowest BCUT2D eigenvalue weighted by Crippen LogP contribution is -2.51. The Hall–Kier alpha value is -3.35. The van der Waals surface area contributed by atoms with Gasteiger partial charge in [0.1, 0.15) is 18.1 Å². The highest BCUT2D eigenvalue weighted by atomic mass is 16.5. The van der Waals surface area contributed by atoms with Crippen LogP contribution in [0, 0.1) is 11.8 Å². The number of benzene rings is 2. The van der Waals surface area contributed by atoms with Crippen molar-refractivity contribution in [3.8, 4) is 11.5 Å². The Balaban J connectivity index is 1.21. The fraction of sp³-hybridized carbons (Fsp3) is 0.423. The smallest absolute Gasteiger partial charge is 0.280 e. The Morgan fingerprint density at radius 1 is 1.12 bits per heavy atom. The van der Waals surface area contributed by atoms with Crippen molar-refractivity contribution in [3.05, 3.63) is 60.2 Å². The number of carbonyl (C=O) groups is 2. The summed E-state index contributed by atoms with van der Waals surface area (Å²) >= 11 is 0. The van der Waals surface area contributed by atoms with E-state index in [0.29, 0.717) is 24.3 Å². The van der Waals surface area contributed by atoms with Gasteiger partial charge in [-0.3, -0.25) is 9.59 Å². The van der Waals surface area contributed by atoms with Gasteiger partial charge in [-0.2, -0.15) is 5.10 Å². The van der Waals surface area contributed by atoms with Crippen LogP contribution in [-0.4, -0.2) is 30.2 Å². The van der Waals surface area contributed by atoms with E-state index in [1.165, 1.54) is 12.8 Å². The quantitative estimate of drug-likeness (QED) is 0.474. The molecule has 2 fully saturated rings. The molecule has 4 unspecified atom stereocenters. The molecule has 7 nitrogen and oxygen atoms in total. The van der Waals surface area contributed by atoms with Crippen LogP contribution in [0.1, 0.15) is 44.6 Å². The van der Waals surface area contributed by atoms with Crippen molar-refractivity contribution in [1.82, 2.24) is 10.7 Å². The zero-order valence-electron chi connectivity index (χ0n) is 18.9. The van der Waals surface area contributed by atoms with Gasteiger partial charge in [0.05, 0.1) is 5.92 Å². The van der Waals surface area contributed by atoms with Crippen LogP contribution < -0.4 is 20.2 Å². The highest BCUT2D eigenvalue weighted by Gasteiger charge is 2.36. The molecule has 33 heavy (non-hydrogen) atoms. The summed E-state index contributed by atoms with van der Waals surface area (Å²) < 4.78 is 11.5. The van der Waals surface area contributed by atoms with E-state index in [1.807, 2.05) is 30.3 Å². The molecule has 2 aromatic carbocycles. The summed E-state index contributed by atoms with van der Waals surface area (Å²) in [5.41, 5.74) is 3.58. The molecule has 0 aromatic heterocycles. The predicted molar refractivity (Wildman–Crippen MR) is 126 cm³/mol. The summed E-state index contributed by atoms with van der Waals surface area (Å²) in [4.78, 5) is 24.7. The molecule has 0 spiro atoms. The van der Waals surface area contributed by atoms with Crippen molar-refractivity contribution in [2.45, 2.75) is 57.8 Å². The van der Waals surface area contributed by atoms with Crippen LogP contribution in [-0.2, 0) is 16.2 Å². The van der Waals surface area contributed by atoms with Crippen molar-refractivity contribution in [3.63, 3.8) is 0 Å². The van der Waals surface area contributed by atoms with Crippen LogP contribution in [0.4, 0.5) is 0 Å². The number of hydrazone groups is 1. The number of fused-ring (bicyclic) bond motifs is 1. The minimum absolute atomic E-state index is 0.00461. The zero-order valence-corrected chi connectivity index (χ0v) is 18.9. The van der Waals surface area contributed by atoms with Gasteiger partial charge in [-0.25, -0.2) is 5.43 Å². The van der Waals surface area contributed by atoms with E-state index in [2.05, 4.69) is 15.8 Å². The summed E-state index contributed by atoms with van der Waals surface area (Å²) in [5, 5.41) is 7.13. The first-order valence-electron chi connectivity index (χ1n) is 11.7. The minimum Gasteiger partial charge on any atom is -0.489 e. The van der Waals surface area contributed by atoms with Crippen LogP contribution in [0.2, 0.25) is 0 Å². The van der Waals surface area contributed by atoms with Crippen molar-refractivity contribution in [2.75, 3.05) is 0 Å². The topological polar surface area (TPSA) is 89.0 Å². The van der Waals surface area contributed by atoms with Gasteiger partial charge in [0.25, 0.3) is 5.91 Å². The summed E-state index contributed by atoms with van der Waals surface area (Å²) in [7, 11) is 0. The van der Waals surface area contributed by atoms with E-state index < -0.39 is 6.10 Å². The summed E-state index contributed by atoms with van der Waals surface area (Å²) in [5.74, 6) is 1.11. The predicted octanol–water partition coefficient (Wildman–Crippen LogP) is 3.83. The summed E-state index contributed by atoms with van der Waals surface area (Å²) in [6.45, 7) is 2.14.